The third-order valence-electron chi connectivity index (χ3n) is 3.57. The highest BCUT2D eigenvalue weighted by Crippen LogP contribution is 2.27. The van der Waals surface area contributed by atoms with Gasteiger partial charge in [-0.05, 0) is 11.1 Å². The highest BCUT2D eigenvalue weighted by Gasteiger charge is 2.32. The number of ether oxygens (including phenoxy) is 1. The number of cyclic esters (lactones) is 1. The van der Waals surface area contributed by atoms with Crippen LogP contribution in [0.4, 0.5) is 4.79 Å². The Morgan fingerprint density at radius 3 is 2.43 bits per heavy atom. The van der Waals surface area contributed by atoms with E-state index in [4.69, 9.17) is 4.74 Å². The molecule has 106 valence electrons. The van der Waals surface area contributed by atoms with Gasteiger partial charge in [-0.3, -0.25) is 4.90 Å². The fourth-order valence-corrected chi connectivity index (χ4v) is 2.47. The zero-order valence-electron chi connectivity index (χ0n) is 11.7. The smallest absolute Gasteiger partial charge is 0.410 e. The van der Waals surface area contributed by atoms with Gasteiger partial charge < -0.3 is 4.74 Å². The van der Waals surface area contributed by atoms with Crippen LogP contribution in [0.5, 0.6) is 0 Å². The Hall–Kier alpha value is -2.55. The molecule has 0 aliphatic carbocycles. The van der Waals surface area contributed by atoms with Gasteiger partial charge in [-0.15, -0.1) is 0 Å². The number of carbonyl (C=O) groups is 1. The first-order valence-corrected chi connectivity index (χ1v) is 7.04. The molecule has 0 aromatic heterocycles. The molecule has 0 bridgehead atoms. The van der Waals surface area contributed by atoms with Crippen LogP contribution in [-0.2, 0) is 4.74 Å². The Kier molecular flexibility index (Phi) is 4.01. The summed E-state index contributed by atoms with van der Waals surface area (Å²) in [6.07, 6.45) is 3.77. The Morgan fingerprint density at radius 2 is 1.71 bits per heavy atom. The van der Waals surface area contributed by atoms with E-state index in [0.717, 1.165) is 11.1 Å². The zero-order chi connectivity index (χ0) is 14.5. The molecule has 0 radical (unpaired) electrons. The lowest BCUT2D eigenvalue weighted by molar-refractivity contribution is 0.160. The van der Waals surface area contributed by atoms with Crippen molar-refractivity contribution in [2.75, 3.05) is 13.2 Å². The number of nitrogens with zero attached hydrogens (tertiary/aromatic N) is 1. The zero-order valence-corrected chi connectivity index (χ0v) is 11.7. The van der Waals surface area contributed by atoms with Crippen molar-refractivity contribution in [3.63, 3.8) is 0 Å². The van der Waals surface area contributed by atoms with Crippen LogP contribution in [0, 0.1) is 0 Å². The van der Waals surface area contributed by atoms with Crippen LogP contribution < -0.4 is 0 Å². The summed E-state index contributed by atoms with van der Waals surface area (Å²) in [6.45, 7) is 0.968. The van der Waals surface area contributed by atoms with Crippen molar-refractivity contribution in [1.82, 2.24) is 4.90 Å². The Labute approximate surface area is 124 Å². The summed E-state index contributed by atoms with van der Waals surface area (Å²) >= 11 is 0. The third-order valence-corrected chi connectivity index (χ3v) is 3.57. The Morgan fingerprint density at radius 1 is 1.05 bits per heavy atom. The molecule has 0 spiro atoms. The molecular weight excluding hydrogens is 262 g/mol. The number of carbonyl (C=O) groups excluding carboxylic acids is 1. The third kappa shape index (κ3) is 3.14. The number of benzene rings is 2. The summed E-state index contributed by atoms with van der Waals surface area (Å²) in [6, 6.07) is 20.0. The molecular formula is C18H17NO2. The van der Waals surface area contributed by atoms with Gasteiger partial charge in [0.15, 0.2) is 0 Å². The second kappa shape index (κ2) is 6.27. The van der Waals surface area contributed by atoms with Crippen molar-refractivity contribution >= 4 is 12.2 Å². The molecule has 3 heteroatoms. The van der Waals surface area contributed by atoms with Crippen LogP contribution in [0.3, 0.4) is 0 Å². The molecule has 1 fully saturated rings. The lowest BCUT2D eigenvalue weighted by atomic mass is 10.1. The summed E-state index contributed by atoms with van der Waals surface area (Å²) in [7, 11) is 0. The van der Waals surface area contributed by atoms with Crippen LogP contribution in [0.25, 0.3) is 6.08 Å². The minimum atomic E-state index is -0.249. The van der Waals surface area contributed by atoms with Gasteiger partial charge in [-0.1, -0.05) is 72.8 Å². The van der Waals surface area contributed by atoms with E-state index in [0.29, 0.717) is 13.2 Å². The van der Waals surface area contributed by atoms with Gasteiger partial charge in [0.25, 0.3) is 0 Å². The molecule has 1 amide bonds. The van der Waals surface area contributed by atoms with Gasteiger partial charge in [0.2, 0.25) is 0 Å². The maximum Gasteiger partial charge on any atom is 0.410 e. The second-order valence-corrected chi connectivity index (χ2v) is 4.97. The first-order valence-electron chi connectivity index (χ1n) is 7.04. The summed E-state index contributed by atoms with van der Waals surface area (Å²) in [5, 5.41) is 0. The lowest BCUT2D eigenvalue weighted by Gasteiger charge is -2.19. The first-order chi connectivity index (χ1) is 10.3. The van der Waals surface area contributed by atoms with E-state index in [2.05, 4.69) is 0 Å². The predicted octanol–water partition coefficient (Wildman–Crippen LogP) is 3.89. The van der Waals surface area contributed by atoms with Crippen LogP contribution in [0.1, 0.15) is 17.2 Å². The first kappa shape index (κ1) is 13.4. The molecule has 1 aliphatic heterocycles. The molecule has 1 heterocycles. The minimum Gasteiger partial charge on any atom is -0.447 e. The molecule has 3 nitrogen and oxygen atoms in total. The van der Waals surface area contributed by atoms with Crippen LogP contribution in [0.15, 0.2) is 66.7 Å². The summed E-state index contributed by atoms with van der Waals surface area (Å²) in [5.41, 5.74) is 2.23. The van der Waals surface area contributed by atoms with Gasteiger partial charge >= 0.3 is 6.09 Å². The van der Waals surface area contributed by atoms with Crippen molar-refractivity contribution in [3.8, 4) is 0 Å². The average molecular weight is 279 g/mol. The Bertz CT molecular complexity index is 622. The van der Waals surface area contributed by atoms with Gasteiger partial charge in [-0.2, -0.15) is 0 Å². The van der Waals surface area contributed by atoms with Crippen molar-refractivity contribution in [3.05, 3.63) is 77.9 Å². The summed E-state index contributed by atoms with van der Waals surface area (Å²) in [5.74, 6) is 0. The van der Waals surface area contributed by atoms with Gasteiger partial charge in [-0.25, -0.2) is 4.79 Å². The molecule has 0 saturated carbocycles. The summed E-state index contributed by atoms with van der Waals surface area (Å²) < 4.78 is 5.19. The number of hydrogen-bond donors (Lipinski definition) is 0. The number of hydrogen-bond acceptors (Lipinski definition) is 2. The number of rotatable bonds is 4. The van der Waals surface area contributed by atoms with E-state index >= 15 is 0 Å². The van der Waals surface area contributed by atoms with Crippen molar-refractivity contribution in [2.24, 2.45) is 0 Å². The van der Waals surface area contributed by atoms with E-state index in [-0.39, 0.29) is 12.1 Å². The van der Waals surface area contributed by atoms with Crippen LogP contribution in [0.2, 0.25) is 0 Å². The molecule has 1 atom stereocenters. The van der Waals surface area contributed by atoms with Gasteiger partial charge in [0.05, 0.1) is 6.04 Å². The molecule has 21 heavy (non-hydrogen) atoms. The quantitative estimate of drug-likeness (QED) is 0.849. The normalized spacial score (nSPS) is 18.2. The molecule has 0 unspecified atom stereocenters. The topological polar surface area (TPSA) is 29.5 Å². The molecule has 1 saturated heterocycles. The van der Waals surface area contributed by atoms with Crippen molar-refractivity contribution < 1.29 is 9.53 Å². The number of amides is 1. The summed E-state index contributed by atoms with van der Waals surface area (Å²) in [4.78, 5) is 13.6. The lowest BCUT2D eigenvalue weighted by Crippen LogP contribution is -2.27. The van der Waals surface area contributed by atoms with E-state index in [1.165, 1.54) is 0 Å². The minimum absolute atomic E-state index is 0.000812. The highest BCUT2D eigenvalue weighted by atomic mass is 16.6. The molecule has 0 N–H and O–H groups in total. The molecule has 2 aromatic rings. The molecule has 2 aromatic carbocycles. The predicted molar refractivity (Wildman–Crippen MR) is 82.7 cm³/mol. The SMILES string of the molecule is O=C1OC[C@H](c2ccccc2)N1C/C=C/c1ccccc1. The standard InChI is InChI=1S/C18H17NO2/c20-18-19(13-7-10-15-8-3-1-4-9-15)17(14-21-18)16-11-5-2-6-12-16/h1-12,17H,13-14H2/b10-7+/t17-/m1/s1. The maximum absolute atomic E-state index is 11.9. The fourth-order valence-electron chi connectivity index (χ4n) is 2.47. The largest absolute Gasteiger partial charge is 0.447 e. The van der Waals surface area contributed by atoms with Gasteiger partial charge in [0.1, 0.15) is 6.61 Å². The van der Waals surface area contributed by atoms with E-state index < -0.39 is 0 Å². The monoisotopic (exact) mass is 279 g/mol. The van der Waals surface area contributed by atoms with Crippen LogP contribution in [-0.4, -0.2) is 24.1 Å². The van der Waals surface area contributed by atoms with E-state index in [9.17, 15) is 4.79 Å². The highest BCUT2D eigenvalue weighted by molar-refractivity contribution is 5.71. The van der Waals surface area contributed by atoms with Crippen molar-refractivity contribution in [2.45, 2.75) is 6.04 Å². The molecule has 3 rings (SSSR count). The molecule has 1 aliphatic rings. The van der Waals surface area contributed by atoms with Gasteiger partial charge in [0, 0.05) is 6.54 Å². The van der Waals surface area contributed by atoms with E-state index in [1.807, 2.05) is 72.8 Å². The second-order valence-electron chi connectivity index (χ2n) is 4.97. The maximum atomic E-state index is 11.9. The average Bonchev–Trinajstić information content (AvgIpc) is 2.91. The van der Waals surface area contributed by atoms with Crippen molar-refractivity contribution in [1.29, 1.82) is 0 Å². The van der Waals surface area contributed by atoms with Crippen LogP contribution >= 0.6 is 0 Å². The fraction of sp³-hybridized carbons (Fsp3) is 0.167. The Balaban J connectivity index is 1.70. The van der Waals surface area contributed by atoms with E-state index in [1.54, 1.807) is 4.90 Å².